The SMILES string of the molecule is COc1ccc(C(=O)NN=CC=C(C)CCC=C(C)C)cc1Br. The first-order chi connectivity index (χ1) is 10.9. The van der Waals surface area contributed by atoms with Crippen LogP contribution in [-0.2, 0) is 0 Å². The van der Waals surface area contributed by atoms with Crippen LogP contribution in [0.3, 0.4) is 0 Å². The monoisotopic (exact) mass is 378 g/mol. The van der Waals surface area contributed by atoms with Gasteiger partial charge in [0.2, 0.25) is 0 Å². The van der Waals surface area contributed by atoms with Crippen molar-refractivity contribution in [3.05, 3.63) is 51.5 Å². The third-order valence-corrected chi connectivity index (χ3v) is 3.72. The number of allylic oxidation sites excluding steroid dienone is 4. The van der Waals surface area contributed by atoms with Gasteiger partial charge in [0.25, 0.3) is 5.91 Å². The number of carbonyl (C=O) groups is 1. The van der Waals surface area contributed by atoms with Crippen LogP contribution < -0.4 is 10.2 Å². The number of nitrogens with one attached hydrogen (secondary N) is 1. The molecule has 0 fully saturated rings. The first-order valence-electron chi connectivity index (χ1n) is 7.40. The van der Waals surface area contributed by atoms with E-state index in [9.17, 15) is 4.79 Å². The van der Waals surface area contributed by atoms with Crippen molar-refractivity contribution in [2.24, 2.45) is 5.10 Å². The number of methoxy groups -OCH3 is 1. The van der Waals surface area contributed by atoms with Gasteiger partial charge in [-0.3, -0.25) is 4.79 Å². The summed E-state index contributed by atoms with van der Waals surface area (Å²) in [4.78, 5) is 12.0. The molecule has 0 aliphatic rings. The van der Waals surface area contributed by atoms with Gasteiger partial charge < -0.3 is 4.74 Å². The van der Waals surface area contributed by atoms with Crippen molar-refractivity contribution in [2.45, 2.75) is 33.6 Å². The lowest BCUT2D eigenvalue weighted by Gasteiger charge is -2.05. The van der Waals surface area contributed by atoms with E-state index in [4.69, 9.17) is 4.74 Å². The van der Waals surface area contributed by atoms with Gasteiger partial charge in [0.1, 0.15) is 5.75 Å². The molecule has 0 spiro atoms. The largest absolute Gasteiger partial charge is 0.496 e. The molecule has 0 saturated carbocycles. The molecule has 0 bridgehead atoms. The molecule has 1 amide bonds. The summed E-state index contributed by atoms with van der Waals surface area (Å²) >= 11 is 3.35. The highest BCUT2D eigenvalue weighted by molar-refractivity contribution is 9.10. The van der Waals surface area contributed by atoms with E-state index in [2.05, 4.69) is 46.4 Å². The predicted molar refractivity (Wildman–Crippen MR) is 99.1 cm³/mol. The van der Waals surface area contributed by atoms with Gasteiger partial charge >= 0.3 is 0 Å². The van der Waals surface area contributed by atoms with Crippen molar-refractivity contribution in [1.82, 2.24) is 5.43 Å². The van der Waals surface area contributed by atoms with Gasteiger partial charge in [-0.25, -0.2) is 5.43 Å². The van der Waals surface area contributed by atoms with Gasteiger partial charge in [0.15, 0.2) is 0 Å². The topological polar surface area (TPSA) is 50.7 Å². The highest BCUT2D eigenvalue weighted by Gasteiger charge is 2.07. The van der Waals surface area contributed by atoms with Crippen molar-refractivity contribution < 1.29 is 9.53 Å². The molecule has 0 atom stereocenters. The van der Waals surface area contributed by atoms with E-state index in [1.807, 2.05) is 13.0 Å². The number of halogens is 1. The Bertz CT molecular complexity index is 630. The first-order valence-corrected chi connectivity index (χ1v) is 8.19. The Hall–Kier alpha value is -1.88. The molecule has 23 heavy (non-hydrogen) atoms. The van der Waals surface area contributed by atoms with E-state index in [1.54, 1.807) is 31.5 Å². The van der Waals surface area contributed by atoms with Gasteiger partial charge in [0.05, 0.1) is 11.6 Å². The summed E-state index contributed by atoms with van der Waals surface area (Å²) in [5.74, 6) is 0.417. The van der Waals surface area contributed by atoms with Gasteiger partial charge in [-0.05, 0) is 73.8 Å². The Morgan fingerprint density at radius 2 is 2.09 bits per heavy atom. The maximum atomic E-state index is 12.0. The normalized spacial score (nSPS) is 11.4. The fraction of sp³-hybridized carbons (Fsp3) is 0.333. The van der Waals surface area contributed by atoms with Crippen LogP contribution in [0.4, 0.5) is 0 Å². The standard InChI is InChI=1S/C18H23BrN2O2/c1-13(2)6-5-7-14(3)10-11-20-21-18(22)15-8-9-17(23-4)16(19)12-15/h6,8-12H,5,7H2,1-4H3,(H,21,22). The molecule has 1 N–H and O–H groups in total. The van der Waals surface area contributed by atoms with E-state index in [0.717, 1.165) is 17.3 Å². The summed E-state index contributed by atoms with van der Waals surface area (Å²) in [6, 6.07) is 5.12. The molecule has 1 aromatic carbocycles. The molecule has 1 aromatic rings. The number of hydrazone groups is 1. The lowest BCUT2D eigenvalue weighted by atomic mass is 10.1. The third-order valence-electron chi connectivity index (χ3n) is 3.10. The summed E-state index contributed by atoms with van der Waals surface area (Å²) in [6.45, 7) is 6.23. The van der Waals surface area contributed by atoms with Crippen molar-refractivity contribution in [3.63, 3.8) is 0 Å². The molecule has 1 rings (SSSR count). The number of nitrogens with zero attached hydrogens (tertiary/aromatic N) is 1. The summed E-state index contributed by atoms with van der Waals surface area (Å²) in [6.07, 6.45) is 7.72. The van der Waals surface area contributed by atoms with E-state index in [1.165, 1.54) is 11.1 Å². The Kier molecular flexibility index (Phi) is 8.33. The second kappa shape index (κ2) is 10.0. The summed E-state index contributed by atoms with van der Waals surface area (Å²) in [5.41, 5.74) is 5.56. The van der Waals surface area contributed by atoms with E-state index >= 15 is 0 Å². The zero-order valence-electron chi connectivity index (χ0n) is 14.0. The average Bonchev–Trinajstić information content (AvgIpc) is 2.50. The summed E-state index contributed by atoms with van der Waals surface area (Å²) in [7, 11) is 1.58. The molecular weight excluding hydrogens is 356 g/mol. The number of carbonyl (C=O) groups excluding carboxylic acids is 1. The van der Waals surface area contributed by atoms with Gasteiger partial charge in [-0.15, -0.1) is 0 Å². The maximum absolute atomic E-state index is 12.0. The van der Waals surface area contributed by atoms with Crippen LogP contribution in [0.2, 0.25) is 0 Å². The predicted octanol–water partition coefficient (Wildman–Crippen LogP) is 4.87. The molecule has 4 nitrogen and oxygen atoms in total. The minimum atomic E-state index is -0.264. The number of rotatable bonds is 7. The fourth-order valence-corrected chi connectivity index (χ4v) is 2.35. The Balaban J connectivity index is 2.52. The number of ether oxygens (including phenoxy) is 1. The van der Waals surface area contributed by atoms with Crippen LogP contribution in [0.5, 0.6) is 5.75 Å². The first kappa shape index (κ1) is 19.2. The van der Waals surface area contributed by atoms with E-state index < -0.39 is 0 Å². The fourth-order valence-electron chi connectivity index (χ4n) is 1.80. The van der Waals surface area contributed by atoms with Crippen LogP contribution in [0.25, 0.3) is 0 Å². The highest BCUT2D eigenvalue weighted by atomic mass is 79.9. The van der Waals surface area contributed by atoms with E-state index in [0.29, 0.717) is 11.3 Å². The summed E-state index contributed by atoms with van der Waals surface area (Å²) < 4.78 is 5.86. The minimum absolute atomic E-state index is 0.264. The van der Waals surface area contributed by atoms with Crippen molar-refractivity contribution in [1.29, 1.82) is 0 Å². The zero-order valence-corrected chi connectivity index (χ0v) is 15.6. The van der Waals surface area contributed by atoms with Crippen molar-refractivity contribution in [2.75, 3.05) is 7.11 Å². The van der Waals surface area contributed by atoms with Crippen LogP contribution in [0, 0.1) is 0 Å². The molecule has 0 aliphatic carbocycles. The van der Waals surface area contributed by atoms with Crippen molar-refractivity contribution in [3.8, 4) is 5.75 Å². The van der Waals surface area contributed by atoms with Crippen LogP contribution in [0.15, 0.2) is 51.1 Å². The number of benzene rings is 1. The highest BCUT2D eigenvalue weighted by Crippen LogP contribution is 2.25. The van der Waals surface area contributed by atoms with Gasteiger partial charge in [-0.2, -0.15) is 5.10 Å². The van der Waals surface area contributed by atoms with E-state index in [-0.39, 0.29) is 5.91 Å². The second-order valence-corrected chi connectivity index (χ2v) is 6.26. The average molecular weight is 379 g/mol. The summed E-state index contributed by atoms with van der Waals surface area (Å²) in [5, 5.41) is 3.94. The van der Waals surface area contributed by atoms with Crippen LogP contribution >= 0.6 is 15.9 Å². The molecule has 0 radical (unpaired) electrons. The molecule has 124 valence electrons. The van der Waals surface area contributed by atoms with Crippen molar-refractivity contribution >= 4 is 28.1 Å². The molecule has 0 unspecified atom stereocenters. The number of hydrogen-bond donors (Lipinski definition) is 1. The smallest absolute Gasteiger partial charge is 0.271 e. The lowest BCUT2D eigenvalue weighted by molar-refractivity contribution is 0.0955. The number of amides is 1. The third kappa shape index (κ3) is 7.28. The quantitative estimate of drug-likeness (QED) is 0.418. The minimum Gasteiger partial charge on any atom is -0.496 e. The van der Waals surface area contributed by atoms with Crippen LogP contribution in [0.1, 0.15) is 44.0 Å². The second-order valence-electron chi connectivity index (χ2n) is 5.40. The zero-order chi connectivity index (χ0) is 17.2. The Morgan fingerprint density at radius 3 is 2.70 bits per heavy atom. The van der Waals surface area contributed by atoms with Gasteiger partial charge in [-0.1, -0.05) is 17.2 Å². The Labute approximate surface area is 146 Å². The number of hydrogen-bond acceptors (Lipinski definition) is 3. The molecule has 0 aliphatic heterocycles. The molecular formula is C18H23BrN2O2. The van der Waals surface area contributed by atoms with Crippen LogP contribution in [-0.4, -0.2) is 19.2 Å². The molecule has 0 heterocycles. The molecule has 5 heteroatoms. The van der Waals surface area contributed by atoms with Gasteiger partial charge in [0, 0.05) is 11.8 Å². The maximum Gasteiger partial charge on any atom is 0.271 e. The lowest BCUT2D eigenvalue weighted by Crippen LogP contribution is -2.17. The Morgan fingerprint density at radius 1 is 1.35 bits per heavy atom. The molecule has 0 aromatic heterocycles. The molecule has 0 saturated heterocycles.